The monoisotopic (exact) mass is 1680 g/mol. The van der Waals surface area contributed by atoms with E-state index in [4.69, 9.17) is 37.9 Å². The molecule has 7 aromatic carbocycles. The number of rotatable bonds is 28. The third-order valence-electron chi connectivity index (χ3n) is 18.6. The molecule has 0 spiro atoms. The van der Waals surface area contributed by atoms with E-state index in [-0.39, 0.29) is 53.0 Å². The van der Waals surface area contributed by atoms with E-state index in [0.717, 1.165) is 113 Å². The summed E-state index contributed by atoms with van der Waals surface area (Å²) in [6.45, 7) is 22.3. The lowest BCUT2D eigenvalue weighted by molar-refractivity contribution is -0.438. The average Bonchev–Trinajstić information content (AvgIpc) is 1.56. The number of allylic oxidation sites excluding steroid dienone is 1. The van der Waals surface area contributed by atoms with Crippen LogP contribution < -0.4 is 21.3 Å². The number of nitrogens with zero attached hydrogens (tertiary/aromatic N) is 5. The van der Waals surface area contributed by atoms with Gasteiger partial charge in [-0.15, -0.1) is 37.9 Å². The number of carbonyl (C=O) groups excluding carboxylic acids is 4. The fourth-order valence-electron chi connectivity index (χ4n) is 13.2. The number of nitrogens with one attached hydrogen (secondary N) is 4. The highest BCUT2D eigenvalue weighted by Gasteiger charge is 2.46. The molecule has 2 aliphatic heterocycles. The van der Waals surface area contributed by atoms with Crippen molar-refractivity contribution in [3.63, 3.8) is 0 Å². The van der Waals surface area contributed by atoms with Crippen molar-refractivity contribution >= 4 is 143 Å². The highest BCUT2D eigenvalue weighted by molar-refractivity contribution is 7.85. The van der Waals surface area contributed by atoms with Crippen LogP contribution in [0.5, 0.6) is 0 Å². The molecule has 4 N–H and O–H groups in total. The molecular formula is C83H93N9O19S5. The molecule has 11 rings (SSSR count). The number of ketones is 2. The molecule has 28 nitrogen and oxygen atoms in total. The van der Waals surface area contributed by atoms with Crippen LogP contribution in [-0.2, 0) is 62.9 Å². The van der Waals surface area contributed by atoms with Gasteiger partial charge in [0, 0.05) is 104 Å². The molecule has 0 fully saturated rings. The molecular weight excluding hydrogens is 1590 g/mol. The molecule has 0 atom stereocenters. The van der Waals surface area contributed by atoms with E-state index < -0.39 is 69.0 Å². The number of para-hydroxylation sites is 3. The van der Waals surface area contributed by atoms with Crippen LogP contribution in [0.4, 0.5) is 28.4 Å². The normalized spacial score (nSPS) is 12.9. The molecule has 0 aliphatic carbocycles. The van der Waals surface area contributed by atoms with Gasteiger partial charge >= 0.3 is 31.8 Å². The molecule has 2 amide bonds. The van der Waals surface area contributed by atoms with Crippen molar-refractivity contribution in [3.05, 3.63) is 222 Å². The van der Waals surface area contributed by atoms with Crippen molar-refractivity contribution < 1.29 is 92.2 Å². The van der Waals surface area contributed by atoms with Crippen LogP contribution in [0, 0.1) is 6.92 Å². The molecule has 116 heavy (non-hydrogen) atoms. The van der Waals surface area contributed by atoms with Gasteiger partial charge in [0.15, 0.2) is 23.0 Å². The SMILES string of the molecule is C(=Nc1ccccc1)Nc1ccccc1.CCCC(=O)c1cc(-c2ccc3c4c(ccc3c2)[N+](CCCS(=O)(=O)[O-])=C(/C=C/Nc2ccccc2)C4(C)C)cc(C(=O)CCC)n1.CCCNC(=O)c1cc(-c2ccc3c4c(cc(C)c3c2)[N+](CCCS(=O)(=O)[O-])=C(C)C4(C)C)cc(C(=O)NCCC)n1.O=S(=O)=O.O=S(=O)=O.O=S(=O)=O. The van der Waals surface area contributed by atoms with E-state index in [9.17, 15) is 45.1 Å². The number of carbonyl (C=O) groups is 4. The van der Waals surface area contributed by atoms with Crippen molar-refractivity contribution in [2.45, 2.75) is 131 Å². The highest BCUT2D eigenvalue weighted by atomic mass is 32.2. The lowest BCUT2D eigenvalue weighted by atomic mass is 9.79. The summed E-state index contributed by atoms with van der Waals surface area (Å²) in [6, 6.07) is 55.1. The number of aromatic nitrogens is 2. The van der Waals surface area contributed by atoms with E-state index in [2.05, 4.69) is 110 Å². The van der Waals surface area contributed by atoms with Crippen LogP contribution in [0.25, 0.3) is 43.8 Å². The Morgan fingerprint density at radius 2 is 0.905 bits per heavy atom. The van der Waals surface area contributed by atoms with Crippen molar-refractivity contribution in [2.24, 2.45) is 4.99 Å². The zero-order valence-corrected chi connectivity index (χ0v) is 69.9. The lowest BCUT2D eigenvalue weighted by Gasteiger charge is -2.19. The number of aliphatic imine (C=N–C) groups is 1. The molecule has 2 aromatic heterocycles. The second-order valence-electron chi connectivity index (χ2n) is 27.7. The van der Waals surface area contributed by atoms with Gasteiger partial charge in [0.2, 0.25) is 11.4 Å². The summed E-state index contributed by atoms with van der Waals surface area (Å²) in [5, 5.41) is 16.3. The largest absolute Gasteiger partial charge is 0.748 e. The number of hydrogen-bond donors (Lipinski definition) is 4. The van der Waals surface area contributed by atoms with E-state index in [1.807, 2.05) is 162 Å². The molecule has 4 heterocycles. The molecule has 0 saturated heterocycles. The molecule has 614 valence electrons. The van der Waals surface area contributed by atoms with Gasteiger partial charge in [-0.25, -0.2) is 31.8 Å². The molecule has 0 unspecified atom stereocenters. The Balaban J connectivity index is 0.000000274. The summed E-state index contributed by atoms with van der Waals surface area (Å²) >= 11 is 0. The zero-order chi connectivity index (χ0) is 85.7. The van der Waals surface area contributed by atoms with Crippen molar-refractivity contribution in [1.29, 1.82) is 0 Å². The molecule has 0 saturated carbocycles. The number of pyridine rings is 2. The van der Waals surface area contributed by atoms with Crippen LogP contribution >= 0.6 is 0 Å². The number of fused-ring (bicyclic) bond motifs is 6. The minimum atomic E-state index is -4.35. The summed E-state index contributed by atoms with van der Waals surface area (Å²) in [7, 11) is -18.0. The Kier molecular flexibility index (Phi) is 35.4. The van der Waals surface area contributed by atoms with Crippen LogP contribution in [0.1, 0.15) is 172 Å². The quantitative estimate of drug-likeness (QED) is 0.0116. The second-order valence-corrected chi connectivity index (χ2v) is 31.9. The van der Waals surface area contributed by atoms with Crippen molar-refractivity contribution in [3.8, 4) is 22.3 Å². The van der Waals surface area contributed by atoms with Gasteiger partial charge in [0.25, 0.3) is 11.8 Å². The number of Topliss-reactive ketones (excluding diaryl/α,β-unsaturated/α-hetero) is 2. The fourth-order valence-corrected chi connectivity index (χ4v) is 14.2. The van der Waals surface area contributed by atoms with Gasteiger partial charge in [-0.3, -0.25) is 19.2 Å². The highest BCUT2D eigenvalue weighted by Crippen LogP contribution is 2.47. The van der Waals surface area contributed by atoms with Crippen molar-refractivity contribution in [1.82, 2.24) is 20.6 Å². The third-order valence-corrected chi connectivity index (χ3v) is 20.1. The Hall–Kier alpha value is -11.3. The number of benzene rings is 7. The first-order valence-electron chi connectivity index (χ1n) is 37.0. The molecule has 0 bridgehead atoms. The molecule has 0 radical (unpaired) electrons. The number of amides is 2. The zero-order valence-electron chi connectivity index (χ0n) is 65.8. The van der Waals surface area contributed by atoms with E-state index in [0.29, 0.717) is 63.3 Å². The number of hydrogen-bond acceptors (Lipinski definition) is 23. The van der Waals surface area contributed by atoms with Crippen LogP contribution in [0.2, 0.25) is 0 Å². The predicted molar refractivity (Wildman–Crippen MR) is 445 cm³/mol. The summed E-state index contributed by atoms with van der Waals surface area (Å²) in [5.41, 5.74) is 13.7. The Labute approximate surface area is 680 Å². The maximum Gasteiger partial charge on any atom is 0.425 e. The minimum absolute atomic E-state index is 0.0806. The smallest absolute Gasteiger partial charge is 0.425 e. The summed E-state index contributed by atoms with van der Waals surface area (Å²) in [6.07, 6.45) is 9.72. The standard InChI is InChI=1S/C38H41N3O5S.C32H40N4O5S.C13H12N2.3O3S/c1-5-11-34(42)31-24-28(25-32(40-31)35(43)12-6-2)26-15-17-30-27(23-26)16-18-33-37(30)38(3,4)36(41(33)21-10-22-47(44,45)46)19-20-39-29-13-8-7-9-14-29;1-7-12-33-30(37)26-18-23(19-27(35-26)31(38)34-13-8-2)22-10-11-24-25(17-22)20(3)16-28-29(24)32(5,6)21(4)36(28)14-9-15-42(39,40)41;1-3-7-12(8-4-1)14-11-15-13-9-5-2-6-10-13;3*1-4(2)3/h7-9,13-20,23-25H,5-6,10-12,21-22H2,1-4H3,(H,44,45,46);10-11,16-19H,7-9,12-15H2,1-6H3,(H2-,33,34,37,38,39,40,41);1-11H,(H,14,15);;;. The lowest BCUT2D eigenvalue weighted by Crippen LogP contribution is -2.28. The van der Waals surface area contributed by atoms with Crippen LogP contribution in [0.15, 0.2) is 187 Å². The summed E-state index contributed by atoms with van der Waals surface area (Å²) < 4.78 is 148. The van der Waals surface area contributed by atoms with Crippen molar-refractivity contribution in [2.75, 3.05) is 48.3 Å². The van der Waals surface area contributed by atoms with Gasteiger partial charge < -0.3 is 30.4 Å². The molecule has 33 heteroatoms. The third kappa shape index (κ3) is 27.7. The van der Waals surface area contributed by atoms with Crippen LogP contribution in [-0.4, -0.2) is 162 Å². The minimum Gasteiger partial charge on any atom is -0.748 e. The first-order valence-corrected chi connectivity index (χ1v) is 43.1. The number of aryl methyl sites for hydroxylation is 1. The van der Waals surface area contributed by atoms with Gasteiger partial charge in [-0.2, -0.15) is 9.15 Å². The van der Waals surface area contributed by atoms with Crippen LogP contribution in [0.3, 0.4) is 0 Å². The van der Waals surface area contributed by atoms with Gasteiger partial charge in [-0.1, -0.05) is 107 Å². The average molecular weight is 1680 g/mol. The summed E-state index contributed by atoms with van der Waals surface area (Å²) in [5.74, 6) is -1.64. The molecule has 2 aliphatic rings. The molecule has 9 aromatic rings. The topological polar surface area (TPSA) is 429 Å². The fraction of sp³-hybridized carbons (Fsp3) is 0.313. The number of anilines is 2. The summed E-state index contributed by atoms with van der Waals surface area (Å²) in [4.78, 5) is 64.6. The van der Waals surface area contributed by atoms with E-state index >= 15 is 0 Å². The first kappa shape index (κ1) is 93.5. The first-order chi connectivity index (χ1) is 54.8. The second kappa shape index (κ2) is 44.0. The Morgan fingerprint density at radius 3 is 1.38 bits per heavy atom. The van der Waals surface area contributed by atoms with Gasteiger partial charge in [0.1, 0.15) is 35.9 Å². The van der Waals surface area contributed by atoms with Gasteiger partial charge in [0.05, 0.1) is 43.1 Å². The van der Waals surface area contributed by atoms with E-state index in [1.54, 1.807) is 30.6 Å². The Bertz CT molecular complexity index is 5650. The Morgan fingerprint density at radius 1 is 0.474 bits per heavy atom. The van der Waals surface area contributed by atoms with E-state index in [1.165, 1.54) is 0 Å². The predicted octanol–water partition coefficient (Wildman–Crippen LogP) is 13.1. The maximum absolute atomic E-state index is 12.9. The maximum atomic E-state index is 12.9. The van der Waals surface area contributed by atoms with Gasteiger partial charge in [-0.05, 0) is 189 Å².